The topological polar surface area (TPSA) is 68.5 Å². The van der Waals surface area contributed by atoms with Crippen molar-refractivity contribution in [2.45, 2.75) is 13.5 Å². The third-order valence-electron chi connectivity index (χ3n) is 3.43. The van der Waals surface area contributed by atoms with Gasteiger partial charge >= 0.3 is 0 Å². The summed E-state index contributed by atoms with van der Waals surface area (Å²) in [6, 6.07) is 7.61. The summed E-state index contributed by atoms with van der Waals surface area (Å²) in [4.78, 5) is 16.8. The minimum Gasteiger partial charge on any atom is -0.497 e. The predicted molar refractivity (Wildman–Crippen MR) is 79.4 cm³/mol. The first-order valence-electron chi connectivity index (χ1n) is 6.79. The molecule has 108 valence electrons. The number of benzene rings is 1. The fourth-order valence-corrected chi connectivity index (χ4v) is 2.31. The molecule has 0 radical (unpaired) electrons. The van der Waals surface area contributed by atoms with Crippen LogP contribution in [0.4, 0.5) is 5.69 Å². The van der Waals surface area contributed by atoms with Gasteiger partial charge in [0.2, 0.25) is 0 Å². The minimum absolute atomic E-state index is 0.142. The van der Waals surface area contributed by atoms with E-state index >= 15 is 0 Å². The highest BCUT2D eigenvalue weighted by Gasteiger charge is 2.22. The maximum absolute atomic E-state index is 12.2. The zero-order valence-electron chi connectivity index (χ0n) is 12.0. The molecule has 1 N–H and O–H groups in total. The highest BCUT2D eigenvalue weighted by Crippen LogP contribution is 2.23. The molecule has 2 aromatic rings. The van der Waals surface area contributed by atoms with Crippen LogP contribution in [0.3, 0.4) is 0 Å². The molecule has 0 aliphatic carbocycles. The third-order valence-corrected chi connectivity index (χ3v) is 3.43. The number of aryl methyl sites for hydroxylation is 1. The van der Waals surface area contributed by atoms with Gasteiger partial charge in [-0.05, 0) is 36.8 Å². The average Bonchev–Trinajstić information content (AvgIpc) is 2.86. The van der Waals surface area contributed by atoms with E-state index in [9.17, 15) is 4.79 Å². The smallest absolute Gasteiger partial charge is 0.272 e. The second-order valence-electron chi connectivity index (χ2n) is 4.66. The molecular formula is C15H16N4O2. The normalized spacial score (nSPS) is 14.0. The Morgan fingerprint density at radius 2 is 2.10 bits per heavy atom. The van der Waals surface area contributed by atoms with Gasteiger partial charge in [-0.15, -0.1) is 0 Å². The van der Waals surface area contributed by atoms with Crippen LogP contribution in [0.15, 0.2) is 35.5 Å². The summed E-state index contributed by atoms with van der Waals surface area (Å²) in [6.45, 7) is 2.97. The number of carbonyl (C=O) groups is 1. The standard InChI is InChI=1S/C15H16N4O2/c1-3-19-14-13(9-17-19)18-12(8-16-15(14)20)10-4-6-11(21-2)7-5-10/h4-7,9H,3,8H2,1-2H3,(H,16,20). The molecule has 0 spiro atoms. The first-order chi connectivity index (χ1) is 10.2. The Hall–Kier alpha value is -2.63. The van der Waals surface area contributed by atoms with Crippen LogP contribution < -0.4 is 10.1 Å². The molecule has 1 amide bonds. The van der Waals surface area contributed by atoms with E-state index in [-0.39, 0.29) is 5.91 Å². The van der Waals surface area contributed by atoms with Crippen LogP contribution in [0.2, 0.25) is 0 Å². The van der Waals surface area contributed by atoms with Crippen LogP contribution in [0.25, 0.3) is 0 Å². The Labute approximate surface area is 122 Å². The predicted octanol–water partition coefficient (Wildman–Crippen LogP) is 1.78. The van der Waals surface area contributed by atoms with Crippen LogP contribution in [0.5, 0.6) is 5.75 Å². The van der Waals surface area contributed by atoms with Crippen LogP contribution in [-0.2, 0) is 6.54 Å². The molecule has 1 aromatic carbocycles. The van der Waals surface area contributed by atoms with E-state index in [4.69, 9.17) is 4.74 Å². The molecule has 0 saturated carbocycles. The number of hydrogen-bond acceptors (Lipinski definition) is 4. The zero-order chi connectivity index (χ0) is 14.8. The summed E-state index contributed by atoms with van der Waals surface area (Å²) in [7, 11) is 1.63. The number of ether oxygens (including phenoxy) is 1. The van der Waals surface area contributed by atoms with Crippen LogP contribution in [0, 0.1) is 0 Å². The molecule has 6 heteroatoms. The van der Waals surface area contributed by atoms with Gasteiger partial charge in [-0.3, -0.25) is 9.48 Å². The molecule has 1 aromatic heterocycles. The van der Waals surface area contributed by atoms with Crippen molar-refractivity contribution in [3.8, 4) is 5.75 Å². The van der Waals surface area contributed by atoms with E-state index in [1.165, 1.54) is 0 Å². The van der Waals surface area contributed by atoms with E-state index in [0.29, 0.717) is 24.5 Å². The molecule has 0 unspecified atom stereocenters. The molecule has 0 fully saturated rings. The molecule has 1 aliphatic heterocycles. The first kappa shape index (κ1) is 13.4. The number of methoxy groups -OCH3 is 1. The van der Waals surface area contributed by atoms with Crippen LogP contribution in [-0.4, -0.2) is 35.1 Å². The van der Waals surface area contributed by atoms with Gasteiger partial charge in [0.15, 0.2) is 5.69 Å². The Morgan fingerprint density at radius 3 is 2.76 bits per heavy atom. The Bertz CT molecular complexity index is 701. The van der Waals surface area contributed by atoms with Gasteiger partial charge in [-0.1, -0.05) is 0 Å². The van der Waals surface area contributed by atoms with Gasteiger partial charge in [0.1, 0.15) is 11.4 Å². The number of aromatic nitrogens is 2. The molecule has 6 nitrogen and oxygen atoms in total. The lowest BCUT2D eigenvalue weighted by Gasteiger charge is -2.06. The molecule has 0 bridgehead atoms. The number of carbonyl (C=O) groups excluding carboxylic acids is 1. The fraction of sp³-hybridized carbons (Fsp3) is 0.267. The van der Waals surface area contributed by atoms with Gasteiger partial charge < -0.3 is 10.1 Å². The van der Waals surface area contributed by atoms with E-state index in [2.05, 4.69) is 15.4 Å². The molecule has 0 atom stereocenters. The van der Waals surface area contributed by atoms with Crippen molar-refractivity contribution in [2.75, 3.05) is 13.7 Å². The molecule has 2 heterocycles. The Morgan fingerprint density at radius 1 is 1.33 bits per heavy atom. The molecule has 0 saturated heterocycles. The molecule has 3 rings (SSSR count). The fourth-order valence-electron chi connectivity index (χ4n) is 2.31. The quantitative estimate of drug-likeness (QED) is 0.934. The minimum atomic E-state index is -0.142. The van der Waals surface area contributed by atoms with Crippen molar-refractivity contribution in [1.82, 2.24) is 15.1 Å². The highest BCUT2D eigenvalue weighted by atomic mass is 16.5. The number of aliphatic imine (C=N–C) groups is 1. The summed E-state index contributed by atoms with van der Waals surface area (Å²) in [5.74, 6) is 0.646. The van der Waals surface area contributed by atoms with Gasteiger partial charge in [-0.2, -0.15) is 5.10 Å². The zero-order valence-corrected chi connectivity index (χ0v) is 12.0. The molecular weight excluding hydrogens is 268 g/mol. The SMILES string of the molecule is CCn1ncc2c1C(=O)NCC(c1ccc(OC)cc1)=N2. The van der Waals surface area contributed by atoms with Crippen molar-refractivity contribution in [2.24, 2.45) is 4.99 Å². The summed E-state index contributed by atoms with van der Waals surface area (Å²) in [5.41, 5.74) is 2.88. The number of hydrogen-bond donors (Lipinski definition) is 1. The second kappa shape index (κ2) is 5.40. The van der Waals surface area contributed by atoms with Crippen LogP contribution in [0.1, 0.15) is 23.0 Å². The van der Waals surface area contributed by atoms with E-state index in [1.54, 1.807) is 18.0 Å². The summed E-state index contributed by atoms with van der Waals surface area (Å²) in [5, 5.41) is 7.07. The molecule has 21 heavy (non-hydrogen) atoms. The maximum Gasteiger partial charge on any atom is 0.272 e. The largest absolute Gasteiger partial charge is 0.497 e. The number of nitrogens with zero attached hydrogens (tertiary/aromatic N) is 3. The summed E-state index contributed by atoms with van der Waals surface area (Å²) in [6.07, 6.45) is 1.63. The first-order valence-corrected chi connectivity index (χ1v) is 6.79. The Balaban J connectivity index is 2.01. The van der Waals surface area contributed by atoms with Gasteiger partial charge in [0.05, 0.1) is 25.6 Å². The van der Waals surface area contributed by atoms with Crippen molar-refractivity contribution < 1.29 is 9.53 Å². The van der Waals surface area contributed by atoms with E-state index < -0.39 is 0 Å². The summed E-state index contributed by atoms with van der Waals surface area (Å²) >= 11 is 0. The lowest BCUT2D eigenvalue weighted by Crippen LogP contribution is -2.29. The second-order valence-corrected chi connectivity index (χ2v) is 4.66. The van der Waals surface area contributed by atoms with E-state index in [1.807, 2.05) is 31.2 Å². The van der Waals surface area contributed by atoms with Gasteiger partial charge in [-0.25, -0.2) is 4.99 Å². The third kappa shape index (κ3) is 2.40. The number of nitrogens with one attached hydrogen (secondary N) is 1. The average molecular weight is 284 g/mol. The van der Waals surface area contributed by atoms with Crippen molar-refractivity contribution >= 4 is 17.3 Å². The lowest BCUT2D eigenvalue weighted by atomic mass is 10.1. The van der Waals surface area contributed by atoms with Crippen molar-refractivity contribution in [3.63, 3.8) is 0 Å². The highest BCUT2D eigenvalue weighted by molar-refractivity contribution is 6.10. The molecule has 1 aliphatic rings. The van der Waals surface area contributed by atoms with Crippen molar-refractivity contribution in [1.29, 1.82) is 0 Å². The number of amides is 1. The monoisotopic (exact) mass is 284 g/mol. The summed E-state index contributed by atoms with van der Waals surface area (Å²) < 4.78 is 6.81. The lowest BCUT2D eigenvalue weighted by molar-refractivity contribution is 0.0950. The van der Waals surface area contributed by atoms with Gasteiger partial charge in [0.25, 0.3) is 5.91 Å². The van der Waals surface area contributed by atoms with E-state index in [0.717, 1.165) is 17.0 Å². The maximum atomic E-state index is 12.2. The number of rotatable bonds is 3. The van der Waals surface area contributed by atoms with Crippen molar-refractivity contribution in [3.05, 3.63) is 41.7 Å². The van der Waals surface area contributed by atoms with Crippen LogP contribution >= 0.6 is 0 Å². The Kier molecular flexibility index (Phi) is 3.43. The van der Waals surface area contributed by atoms with Gasteiger partial charge in [0, 0.05) is 6.54 Å². The number of fused-ring (bicyclic) bond motifs is 1.